The van der Waals surface area contributed by atoms with Crippen LogP contribution in [0.15, 0.2) is 0 Å². The van der Waals surface area contributed by atoms with E-state index in [-0.39, 0.29) is 0 Å². The van der Waals surface area contributed by atoms with Gasteiger partial charge in [-0.3, -0.25) is 0 Å². The molecule has 82 valence electrons. The number of carbonyl (C=O) groups excluding carboxylic acids is 1. The van der Waals surface area contributed by atoms with Crippen LogP contribution < -0.4 is 0 Å². The summed E-state index contributed by atoms with van der Waals surface area (Å²) in [6.07, 6.45) is 3.47. The lowest BCUT2D eigenvalue weighted by Gasteiger charge is -2.09. The minimum atomic E-state index is 0.750. The van der Waals surface area contributed by atoms with Crippen molar-refractivity contribution in [1.29, 1.82) is 0 Å². The first-order valence-electron chi connectivity index (χ1n) is 5.48. The lowest BCUT2D eigenvalue weighted by molar-refractivity contribution is -0.106. The van der Waals surface area contributed by atoms with Crippen LogP contribution in [0.5, 0.6) is 0 Å². The second-order valence-electron chi connectivity index (χ2n) is 3.38. The molecule has 0 radical (unpaired) electrons. The third-order valence-electron chi connectivity index (χ3n) is 1.57. The van der Waals surface area contributed by atoms with Crippen molar-refractivity contribution in [1.82, 2.24) is 0 Å². The lowest BCUT2D eigenvalue weighted by atomic mass is 9.97. The average molecular weight is 188 g/mol. The van der Waals surface area contributed by atoms with Gasteiger partial charge in [0, 0.05) is 0 Å². The van der Waals surface area contributed by atoms with Gasteiger partial charge in [0.1, 0.15) is 6.29 Å². The van der Waals surface area contributed by atoms with E-state index in [2.05, 4.69) is 27.7 Å². The van der Waals surface area contributed by atoms with Crippen molar-refractivity contribution in [3.8, 4) is 0 Å². The predicted octanol–water partition coefficient (Wildman–Crippen LogP) is 4.31. The number of hydrogen-bond donors (Lipinski definition) is 0. The molecular formula is C12H28O. The third kappa shape index (κ3) is 33.9. The molecule has 1 nitrogen and oxygen atoms in total. The van der Waals surface area contributed by atoms with Gasteiger partial charge in [0.25, 0.3) is 0 Å². The summed E-state index contributed by atoms with van der Waals surface area (Å²) in [6, 6.07) is 0. The molecule has 0 amide bonds. The van der Waals surface area contributed by atoms with Crippen LogP contribution in [0.2, 0.25) is 0 Å². The van der Waals surface area contributed by atoms with Gasteiger partial charge in [-0.2, -0.15) is 0 Å². The maximum absolute atomic E-state index is 8.81. The molecule has 0 aromatic rings. The summed E-state index contributed by atoms with van der Waals surface area (Å²) in [6.45, 7) is 14.6. The maximum Gasteiger partial charge on any atom is 0.116 e. The van der Waals surface area contributed by atoms with Crippen LogP contribution in [0.25, 0.3) is 0 Å². The van der Waals surface area contributed by atoms with E-state index < -0.39 is 0 Å². The second kappa shape index (κ2) is 17.7. The van der Waals surface area contributed by atoms with Crippen molar-refractivity contribution in [3.05, 3.63) is 0 Å². The molecule has 0 heterocycles. The Morgan fingerprint density at radius 2 is 1.46 bits per heavy atom. The maximum atomic E-state index is 8.81. The molecule has 0 N–H and O–H groups in total. The van der Waals surface area contributed by atoms with Gasteiger partial charge in [-0.25, -0.2) is 0 Å². The summed E-state index contributed by atoms with van der Waals surface area (Å²) in [5, 5.41) is 0. The molecular weight excluding hydrogens is 160 g/mol. The van der Waals surface area contributed by atoms with Crippen LogP contribution >= 0.6 is 0 Å². The average Bonchev–Trinajstić information content (AvgIpc) is 2.08. The Balaban J connectivity index is -0.000000169. The summed E-state index contributed by atoms with van der Waals surface area (Å²) in [5.41, 5.74) is 0. The van der Waals surface area contributed by atoms with Gasteiger partial charge in [0.05, 0.1) is 0 Å². The van der Waals surface area contributed by atoms with Crippen molar-refractivity contribution >= 4 is 6.29 Å². The van der Waals surface area contributed by atoms with Crippen LogP contribution in [0.4, 0.5) is 0 Å². The van der Waals surface area contributed by atoms with Gasteiger partial charge in [0.15, 0.2) is 0 Å². The monoisotopic (exact) mass is 188 g/mol. The highest BCUT2D eigenvalue weighted by Gasteiger charge is 2.00. The van der Waals surface area contributed by atoms with Crippen molar-refractivity contribution in [2.45, 2.75) is 61.3 Å². The number of carbonyl (C=O) groups is 1. The summed E-state index contributed by atoms with van der Waals surface area (Å²) in [5.74, 6) is 1.81. The van der Waals surface area contributed by atoms with Gasteiger partial charge < -0.3 is 4.79 Å². The highest BCUT2D eigenvalue weighted by atomic mass is 16.1. The zero-order valence-corrected chi connectivity index (χ0v) is 10.6. The Kier molecular flexibility index (Phi) is 25.1. The zero-order chi connectivity index (χ0) is 11.3. The first kappa shape index (κ1) is 18.5. The fourth-order valence-corrected chi connectivity index (χ4v) is 0.971. The molecule has 1 heteroatoms. The smallest absolute Gasteiger partial charge is 0.116 e. The van der Waals surface area contributed by atoms with E-state index in [0.29, 0.717) is 0 Å². The molecule has 0 aliphatic rings. The van der Waals surface area contributed by atoms with Gasteiger partial charge in [-0.15, -0.1) is 0 Å². The predicted molar refractivity (Wildman–Crippen MR) is 62.0 cm³/mol. The van der Waals surface area contributed by atoms with Crippen molar-refractivity contribution < 1.29 is 4.79 Å². The van der Waals surface area contributed by atoms with Crippen molar-refractivity contribution in [3.63, 3.8) is 0 Å². The molecule has 0 fully saturated rings. The van der Waals surface area contributed by atoms with E-state index in [1.165, 1.54) is 19.8 Å². The molecule has 1 unspecified atom stereocenters. The highest BCUT2D eigenvalue weighted by molar-refractivity contribution is 5.44. The number of hydrogen-bond acceptors (Lipinski definition) is 1. The van der Waals surface area contributed by atoms with Crippen LogP contribution in [0, 0.1) is 11.8 Å². The fourth-order valence-electron chi connectivity index (χ4n) is 0.971. The molecule has 13 heavy (non-hydrogen) atoms. The molecule has 0 saturated carbocycles. The summed E-state index contributed by atoms with van der Waals surface area (Å²) < 4.78 is 0. The quantitative estimate of drug-likeness (QED) is 0.603. The second-order valence-corrected chi connectivity index (χ2v) is 3.38. The van der Waals surface area contributed by atoms with Crippen LogP contribution in [0.3, 0.4) is 0 Å². The van der Waals surface area contributed by atoms with Gasteiger partial charge in [0.2, 0.25) is 0 Å². The highest BCUT2D eigenvalue weighted by Crippen LogP contribution is 2.12. The Hall–Kier alpha value is -0.330. The van der Waals surface area contributed by atoms with Crippen molar-refractivity contribution in [2.24, 2.45) is 11.8 Å². The van der Waals surface area contributed by atoms with Gasteiger partial charge >= 0.3 is 0 Å². The van der Waals surface area contributed by atoms with E-state index >= 15 is 0 Å². The number of rotatable bonds is 3. The molecule has 0 aromatic carbocycles. The van der Waals surface area contributed by atoms with E-state index in [9.17, 15) is 0 Å². The van der Waals surface area contributed by atoms with Crippen molar-refractivity contribution in [2.75, 3.05) is 0 Å². The van der Waals surface area contributed by atoms with Crippen LogP contribution in [-0.4, -0.2) is 6.29 Å². The standard InChI is InChI=1S/C8H18.C2H4O.C2H6/c1-5-8(4)6-7(2)3;1-2-3;1-2/h7-8H,5-6H2,1-4H3;2H,1H3;1-2H3. The Morgan fingerprint density at radius 1 is 1.15 bits per heavy atom. The molecule has 0 aliphatic carbocycles. The number of aldehydes is 1. The lowest BCUT2D eigenvalue weighted by Crippen LogP contribution is -1.97. The van der Waals surface area contributed by atoms with E-state index in [0.717, 1.165) is 18.1 Å². The molecule has 0 saturated heterocycles. The summed E-state index contributed by atoms with van der Waals surface area (Å²) in [4.78, 5) is 8.81. The summed E-state index contributed by atoms with van der Waals surface area (Å²) >= 11 is 0. The van der Waals surface area contributed by atoms with E-state index in [1.807, 2.05) is 13.8 Å². The normalized spacial score (nSPS) is 10.5. The SMILES string of the molecule is CC.CC=O.CCC(C)CC(C)C. The van der Waals surface area contributed by atoms with Crippen LogP contribution in [0.1, 0.15) is 61.3 Å². The summed E-state index contributed by atoms with van der Waals surface area (Å²) in [7, 11) is 0. The largest absolute Gasteiger partial charge is 0.304 e. The molecule has 0 spiro atoms. The molecule has 1 atom stereocenters. The first-order chi connectivity index (χ1) is 6.08. The van der Waals surface area contributed by atoms with Gasteiger partial charge in [-0.1, -0.05) is 48.0 Å². The minimum Gasteiger partial charge on any atom is -0.304 e. The molecule has 0 aliphatic heterocycles. The van der Waals surface area contributed by atoms with Gasteiger partial charge in [-0.05, 0) is 25.2 Å². The van der Waals surface area contributed by atoms with Crippen LogP contribution in [-0.2, 0) is 4.79 Å². The topological polar surface area (TPSA) is 17.1 Å². The molecule has 0 aromatic heterocycles. The Bertz CT molecular complexity index is 77.2. The molecule has 0 bridgehead atoms. The Labute approximate surface area is 84.9 Å². The van der Waals surface area contributed by atoms with E-state index in [1.54, 1.807) is 0 Å². The first-order valence-corrected chi connectivity index (χ1v) is 5.48. The molecule has 0 rings (SSSR count). The third-order valence-corrected chi connectivity index (χ3v) is 1.57. The zero-order valence-electron chi connectivity index (χ0n) is 10.6. The fraction of sp³-hybridized carbons (Fsp3) is 0.917. The van der Waals surface area contributed by atoms with E-state index in [4.69, 9.17) is 4.79 Å². The minimum absolute atomic E-state index is 0.750. The Morgan fingerprint density at radius 3 is 1.54 bits per heavy atom.